The molecule has 2 N–H and O–H groups in total. The molecule has 1 aliphatic heterocycles. The minimum Gasteiger partial charge on any atom is -0.326 e. The topological polar surface area (TPSA) is 63.4 Å². The van der Waals surface area contributed by atoms with Crippen LogP contribution in [0.5, 0.6) is 0 Å². The molecule has 4 nitrogen and oxygen atoms in total. The molecular formula is C14H20BrFN2O2S. The molecule has 0 spiro atoms. The standard InChI is InChI=1S/C14H20BrFN2O2S/c15-12-8-11(10-17)14(16)13(9-12)21(19,20)18-6-4-2-1-3-5-7-18/h8-9H,1-7,10,17H2. The van der Waals surface area contributed by atoms with Crippen molar-refractivity contribution in [3.63, 3.8) is 0 Å². The first-order valence-corrected chi connectivity index (χ1v) is 9.38. The van der Waals surface area contributed by atoms with Gasteiger partial charge in [-0.25, -0.2) is 12.8 Å². The molecular weight excluding hydrogens is 359 g/mol. The minimum absolute atomic E-state index is 0.0339. The summed E-state index contributed by atoms with van der Waals surface area (Å²) in [6.07, 6.45) is 4.80. The van der Waals surface area contributed by atoms with Crippen molar-refractivity contribution in [2.45, 2.75) is 43.5 Å². The highest BCUT2D eigenvalue weighted by atomic mass is 79.9. The van der Waals surface area contributed by atoms with Gasteiger partial charge in [-0.2, -0.15) is 4.31 Å². The smallest absolute Gasteiger partial charge is 0.246 e. The summed E-state index contributed by atoms with van der Waals surface area (Å²) in [6, 6.07) is 2.84. The zero-order valence-electron chi connectivity index (χ0n) is 11.8. The Morgan fingerprint density at radius 3 is 2.29 bits per heavy atom. The fourth-order valence-corrected chi connectivity index (χ4v) is 4.86. The number of rotatable bonds is 3. The lowest BCUT2D eigenvalue weighted by molar-refractivity contribution is 0.362. The summed E-state index contributed by atoms with van der Waals surface area (Å²) in [5.41, 5.74) is 5.69. The van der Waals surface area contributed by atoms with Crippen molar-refractivity contribution >= 4 is 26.0 Å². The molecule has 1 aliphatic rings. The molecule has 0 bridgehead atoms. The normalized spacial score (nSPS) is 18.2. The van der Waals surface area contributed by atoms with E-state index in [1.54, 1.807) is 0 Å². The molecule has 0 aromatic heterocycles. The van der Waals surface area contributed by atoms with Gasteiger partial charge in [0.1, 0.15) is 10.7 Å². The van der Waals surface area contributed by atoms with Crippen LogP contribution in [-0.4, -0.2) is 25.8 Å². The van der Waals surface area contributed by atoms with Gasteiger partial charge >= 0.3 is 0 Å². The molecule has 1 aromatic carbocycles. The van der Waals surface area contributed by atoms with Crippen LogP contribution in [0.25, 0.3) is 0 Å². The van der Waals surface area contributed by atoms with E-state index in [2.05, 4.69) is 15.9 Å². The van der Waals surface area contributed by atoms with Crippen molar-refractivity contribution in [1.82, 2.24) is 4.31 Å². The van der Waals surface area contributed by atoms with Crippen LogP contribution >= 0.6 is 15.9 Å². The highest BCUT2D eigenvalue weighted by molar-refractivity contribution is 9.10. The van der Waals surface area contributed by atoms with E-state index in [1.165, 1.54) is 16.4 Å². The predicted molar refractivity (Wildman–Crippen MR) is 83.8 cm³/mol. The average molecular weight is 379 g/mol. The van der Waals surface area contributed by atoms with Gasteiger partial charge < -0.3 is 5.73 Å². The first-order chi connectivity index (χ1) is 9.96. The minimum atomic E-state index is -3.81. The van der Waals surface area contributed by atoms with E-state index < -0.39 is 15.8 Å². The van der Waals surface area contributed by atoms with E-state index in [0.717, 1.165) is 32.1 Å². The predicted octanol–water partition coefficient (Wildman–Crippen LogP) is 3.00. The highest BCUT2D eigenvalue weighted by Crippen LogP contribution is 2.27. The lowest BCUT2D eigenvalue weighted by atomic mass is 10.1. The van der Waals surface area contributed by atoms with Gasteiger partial charge in [0.2, 0.25) is 10.0 Å². The first kappa shape index (κ1) is 16.9. The molecule has 0 radical (unpaired) electrons. The fraction of sp³-hybridized carbons (Fsp3) is 0.571. The summed E-state index contributed by atoms with van der Waals surface area (Å²) in [7, 11) is -3.81. The van der Waals surface area contributed by atoms with Crippen LogP contribution in [-0.2, 0) is 16.6 Å². The van der Waals surface area contributed by atoms with Crippen LogP contribution in [0.15, 0.2) is 21.5 Å². The second-order valence-electron chi connectivity index (χ2n) is 5.25. The maximum Gasteiger partial charge on any atom is 0.246 e. The van der Waals surface area contributed by atoms with Gasteiger partial charge in [-0.3, -0.25) is 0 Å². The van der Waals surface area contributed by atoms with E-state index in [-0.39, 0.29) is 17.0 Å². The molecule has 1 heterocycles. The number of nitrogens with two attached hydrogens (primary N) is 1. The third kappa shape index (κ3) is 3.83. The zero-order chi connectivity index (χ0) is 15.5. The van der Waals surface area contributed by atoms with E-state index in [0.29, 0.717) is 17.6 Å². The van der Waals surface area contributed by atoms with Crippen molar-refractivity contribution in [2.24, 2.45) is 5.73 Å². The van der Waals surface area contributed by atoms with Crippen LogP contribution in [0.3, 0.4) is 0 Å². The summed E-state index contributed by atoms with van der Waals surface area (Å²) in [5.74, 6) is -0.734. The van der Waals surface area contributed by atoms with Crippen LogP contribution in [0.2, 0.25) is 0 Å². The Bertz CT molecular complexity index is 599. The van der Waals surface area contributed by atoms with Gasteiger partial charge in [0.25, 0.3) is 0 Å². The van der Waals surface area contributed by atoms with Gasteiger partial charge in [-0.05, 0) is 25.0 Å². The Labute approximate surface area is 133 Å². The van der Waals surface area contributed by atoms with Crippen molar-refractivity contribution in [2.75, 3.05) is 13.1 Å². The number of hydrogen-bond acceptors (Lipinski definition) is 3. The third-order valence-corrected chi connectivity index (χ3v) is 6.09. The largest absolute Gasteiger partial charge is 0.326 e. The Hall–Kier alpha value is -0.500. The summed E-state index contributed by atoms with van der Waals surface area (Å²) >= 11 is 3.23. The molecule has 1 fully saturated rings. The van der Waals surface area contributed by atoms with Crippen molar-refractivity contribution < 1.29 is 12.8 Å². The third-order valence-electron chi connectivity index (χ3n) is 3.73. The molecule has 118 valence electrons. The molecule has 0 amide bonds. The SMILES string of the molecule is NCc1cc(Br)cc(S(=O)(=O)N2CCCCCCC2)c1F. The lowest BCUT2D eigenvalue weighted by Crippen LogP contribution is -2.34. The second kappa shape index (κ2) is 7.17. The van der Waals surface area contributed by atoms with E-state index >= 15 is 0 Å². The highest BCUT2D eigenvalue weighted by Gasteiger charge is 2.29. The van der Waals surface area contributed by atoms with E-state index in [9.17, 15) is 12.8 Å². The number of nitrogens with zero attached hydrogens (tertiary/aromatic N) is 1. The summed E-state index contributed by atoms with van der Waals surface area (Å²) in [5, 5.41) is 0. The van der Waals surface area contributed by atoms with Gasteiger partial charge in [0.15, 0.2) is 0 Å². The average Bonchev–Trinajstić information content (AvgIpc) is 2.40. The Balaban J connectivity index is 2.40. The van der Waals surface area contributed by atoms with Crippen LogP contribution in [0.4, 0.5) is 4.39 Å². The molecule has 1 aromatic rings. The Morgan fingerprint density at radius 2 is 1.71 bits per heavy atom. The molecule has 0 aliphatic carbocycles. The Morgan fingerprint density at radius 1 is 1.14 bits per heavy atom. The monoisotopic (exact) mass is 378 g/mol. The summed E-state index contributed by atoms with van der Waals surface area (Å²) < 4.78 is 41.7. The quantitative estimate of drug-likeness (QED) is 0.878. The van der Waals surface area contributed by atoms with Crippen LogP contribution < -0.4 is 5.73 Å². The van der Waals surface area contributed by atoms with E-state index in [4.69, 9.17) is 5.73 Å². The van der Waals surface area contributed by atoms with Gasteiger partial charge in [0.05, 0.1) is 0 Å². The van der Waals surface area contributed by atoms with Crippen molar-refractivity contribution in [3.05, 3.63) is 28.0 Å². The number of benzene rings is 1. The molecule has 2 rings (SSSR count). The molecule has 7 heteroatoms. The van der Waals surface area contributed by atoms with Crippen molar-refractivity contribution in [3.8, 4) is 0 Å². The van der Waals surface area contributed by atoms with Crippen LogP contribution in [0.1, 0.15) is 37.7 Å². The van der Waals surface area contributed by atoms with Crippen LogP contribution in [0, 0.1) is 5.82 Å². The number of sulfonamides is 1. The Kier molecular flexibility index (Phi) is 5.76. The number of hydrogen-bond donors (Lipinski definition) is 1. The zero-order valence-corrected chi connectivity index (χ0v) is 14.2. The van der Waals surface area contributed by atoms with E-state index in [1.807, 2.05) is 0 Å². The summed E-state index contributed by atoms with van der Waals surface area (Å²) in [6.45, 7) is 0.867. The van der Waals surface area contributed by atoms with Gasteiger partial charge in [0, 0.05) is 29.7 Å². The first-order valence-electron chi connectivity index (χ1n) is 7.15. The summed E-state index contributed by atoms with van der Waals surface area (Å²) in [4.78, 5) is -0.280. The maximum atomic E-state index is 14.4. The number of halogens is 2. The maximum absolute atomic E-state index is 14.4. The molecule has 0 saturated carbocycles. The molecule has 0 unspecified atom stereocenters. The molecule has 1 saturated heterocycles. The molecule has 21 heavy (non-hydrogen) atoms. The molecule has 0 atom stereocenters. The van der Waals surface area contributed by atoms with Gasteiger partial charge in [-0.15, -0.1) is 0 Å². The van der Waals surface area contributed by atoms with Crippen molar-refractivity contribution in [1.29, 1.82) is 0 Å². The fourth-order valence-electron chi connectivity index (χ4n) is 2.55. The second-order valence-corrected chi connectivity index (χ2v) is 8.08. The van der Waals surface area contributed by atoms with Gasteiger partial charge in [-0.1, -0.05) is 35.2 Å². The lowest BCUT2D eigenvalue weighted by Gasteiger charge is -2.24.